The zero-order chi connectivity index (χ0) is 45.1. The fraction of sp³-hybridized carbons (Fsp3) is 0.267. The summed E-state index contributed by atoms with van der Waals surface area (Å²) in [5.41, 5.74) is 20.0. The summed E-state index contributed by atoms with van der Waals surface area (Å²) in [6.45, 7) is 27.9. The smallest absolute Gasteiger partial charge is 0.255 e. The van der Waals surface area contributed by atoms with Gasteiger partial charge in [-0.15, -0.1) is 0 Å². The SMILES string of the molecule is CC(C)(C)c1ccc(N2c3ccc(C(C)(C)C)cc3B3c4c2cccc4N(c2ccc(C(C)(C)C)cc2-c2ccccc2)c2c3c3cc(C(C)(C)C)ccc3n2-c2ccccc2)cc1. The largest absolute Gasteiger partial charge is 0.311 e. The first-order valence-corrected chi connectivity index (χ1v) is 23.2. The van der Waals surface area contributed by atoms with Crippen LogP contribution in [0.4, 0.5) is 34.3 Å². The van der Waals surface area contributed by atoms with Gasteiger partial charge in [0, 0.05) is 34.0 Å². The molecule has 2 aliphatic rings. The maximum absolute atomic E-state index is 2.63. The van der Waals surface area contributed by atoms with E-state index in [2.05, 4.69) is 255 Å². The van der Waals surface area contributed by atoms with Crippen molar-refractivity contribution in [3.8, 4) is 16.8 Å². The quantitative estimate of drug-likeness (QED) is 0.164. The van der Waals surface area contributed by atoms with E-state index in [4.69, 9.17) is 0 Å². The Bertz CT molecular complexity index is 3070. The first-order chi connectivity index (χ1) is 30.3. The third-order valence-corrected chi connectivity index (χ3v) is 13.8. The predicted molar refractivity (Wildman–Crippen MR) is 278 cm³/mol. The third-order valence-electron chi connectivity index (χ3n) is 13.8. The molecule has 4 heteroatoms. The van der Waals surface area contributed by atoms with Crippen LogP contribution in [-0.2, 0) is 21.7 Å². The lowest BCUT2D eigenvalue weighted by Crippen LogP contribution is -2.61. The van der Waals surface area contributed by atoms with Gasteiger partial charge in [-0.25, -0.2) is 0 Å². The number of rotatable bonds is 4. The van der Waals surface area contributed by atoms with Crippen molar-refractivity contribution in [2.75, 3.05) is 9.80 Å². The Hall–Kier alpha value is -6.26. The van der Waals surface area contributed by atoms with Crippen LogP contribution in [0.25, 0.3) is 27.7 Å². The van der Waals surface area contributed by atoms with Crippen LogP contribution < -0.4 is 26.2 Å². The number of benzene rings is 7. The Morgan fingerprint density at radius 2 is 0.891 bits per heavy atom. The summed E-state index contributed by atoms with van der Waals surface area (Å²) in [4.78, 5) is 5.17. The second-order valence-electron chi connectivity index (χ2n) is 22.4. The Morgan fingerprint density at radius 3 is 1.50 bits per heavy atom. The average molecular weight is 836 g/mol. The second kappa shape index (κ2) is 14.6. The summed E-state index contributed by atoms with van der Waals surface area (Å²) < 4.78 is 2.56. The summed E-state index contributed by atoms with van der Waals surface area (Å²) in [6.07, 6.45) is 0. The zero-order valence-electron chi connectivity index (χ0n) is 39.9. The van der Waals surface area contributed by atoms with Gasteiger partial charge in [0.2, 0.25) is 0 Å². The molecular formula is C60H62BN3. The zero-order valence-corrected chi connectivity index (χ0v) is 39.9. The lowest BCUT2D eigenvalue weighted by molar-refractivity contribution is 0.590. The van der Waals surface area contributed by atoms with Crippen molar-refractivity contribution < 1.29 is 0 Å². The van der Waals surface area contributed by atoms with Crippen molar-refractivity contribution in [1.29, 1.82) is 0 Å². The minimum absolute atomic E-state index is 0.0358. The maximum Gasteiger partial charge on any atom is 0.255 e. The molecule has 10 rings (SSSR count). The molecule has 64 heavy (non-hydrogen) atoms. The summed E-state index contributed by atoms with van der Waals surface area (Å²) >= 11 is 0. The average Bonchev–Trinajstić information content (AvgIpc) is 3.59. The Morgan fingerprint density at radius 1 is 0.375 bits per heavy atom. The molecule has 0 fully saturated rings. The summed E-state index contributed by atoms with van der Waals surface area (Å²) in [5, 5.41) is 1.30. The molecule has 0 spiro atoms. The molecule has 0 N–H and O–H groups in total. The van der Waals surface area contributed by atoms with Crippen molar-refractivity contribution >= 4 is 68.3 Å². The monoisotopic (exact) mass is 836 g/mol. The van der Waals surface area contributed by atoms with Gasteiger partial charge in [-0.05, 0) is 138 Å². The molecule has 0 bridgehead atoms. The number of aromatic nitrogens is 1. The van der Waals surface area contributed by atoms with Crippen molar-refractivity contribution in [2.45, 2.75) is 105 Å². The summed E-state index contributed by atoms with van der Waals surface area (Å²) in [6, 6.07) is 60.2. The van der Waals surface area contributed by atoms with E-state index in [0.717, 1.165) is 5.69 Å². The van der Waals surface area contributed by atoms with Crippen molar-refractivity contribution in [1.82, 2.24) is 4.57 Å². The Labute approximate surface area is 382 Å². The predicted octanol–water partition coefficient (Wildman–Crippen LogP) is 14.6. The topological polar surface area (TPSA) is 11.4 Å². The van der Waals surface area contributed by atoms with Gasteiger partial charge in [-0.3, -0.25) is 9.47 Å². The summed E-state index contributed by atoms with van der Waals surface area (Å²) in [7, 11) is 0. The molecule has 320 valence electrons. The minimum Gasteiger partial charge on any atom is -0.311 e. The lowest BCUT2D eigenvalue weighted by atomic mass is 9.33. The van der Waals surface area contributed by atoms with Crippen molar-refractivity contribution in [3.05, 3.63) is 180 Å². The fourth-order valence-electron chi connectivity index (χ4n) is 10.2. The number of nitrogens with zero attached hydrogens (tertiary/aromatic N) is 3. The molecule has 8 aromatic rings. The van der Waals surface area contributed by atoms with E-state index in [9.17, 15) is 0 Å². The molecule has 3 heterocycles. The number of hydrogen-bond acceptors (Lipinski definition) is 2. The highest BCUT2D eigenvalue weighted by atomic mass is 15.3. The molecule has 1 aromatic heterocycles. The highest BCUT2D eigenvalue weighted by molar-refractivity contribution is 7.01. The lowest BCUT2D eigenvalue weighted by Gasteiger charge is -2.44. The molecule has 0 aliphatic carbocycles. The Balaban J connectivity index is 1.39. The van der Waals surface area contributed by atoms with Crippen LogP contribution in [0, 0.1) is 0 Å². The van der Waals surface area contributed by atoms with Gasteiger partial charge >= 0.3 is 0 Å². The number of fused-ring (bicyclic) bond motifs is 6. The molecule has 2 aliphatic heterocycles. The van der Waals surface area contributed by atoms with Gasteiger partial charge in [-0.1, -0.05) is 174 Å². The normalized spacial score (nSPS) is 13.8. The second-order valence-corrected chi connectivity index (χ2v) is 22.4. The van der Waals surface area contributed by atoms with Crippen LogP contribution in [0.5, 0.6) is 0 Å². The molecule has 7 aromatic carbocycles. The van der Waals surface area contributed by atoms with Gasteiger partial charge < -0.3 is 4.90 Å². The molecule has 0 atom stereocenters. The van der Waals surface area contributed by atoms with Crippen LogP contribution in [0.1, 0.15) is 105 Å². The maximum atomic E-state index is 2.63. The van der Waals surface area contributed by atoms with Crippen LogP contribution in [0.3, 0.4) is 0 Å². The Kier molecular flexibility index (Phi) is 9.55. The minimum atomic E-state index is -0.0472. The number of hydrogen-bond donors (Lipinski definition) is 0. The number of anilines is 6. The molecule has 0 unspecified atom stereocenters. The molecule has 0 saturated carbocycles. The van der Waals surface area contributed by atoms with Crippen molar-refractivity contribution in [3.63, 3.8) is 0 Å². The highest BCUT2D eigenvalue weighted by Gasteiger charge is 2.47. The first kappa shape index (κ1) is 41.7. The van der Waals surface area contributed by atoms with E-state index < -0.39 is 0 Å². The number of para-hydroxylation sites is 1. The molecular weight excluding hydrogens is 773 g/mol. The van der Waals surface area contributed by atoms with Crippen LogP contribution in [0.2, 0.25) is 0 Å². The molecule has 3 nitrogen and oxygen atoms in total. The van der Waals surface area contributed by atoms with Gasteiger partial charge in [0.05, 0.1) is 11.2 Å². The van der Waals surface area contributed by atoms with E-state index in [1.54, 1.807) is 0 Å². The van der Waals surface area contributed by atoms with Crippen LogP contribution in [0.15, 0.2) is 158 Å². The summed E-state index contributed by atoms with van der Waals surface area (Å²) in [5.74, 6) is 1.19. The van der Waals surface area contributed by atoms with E-state index in [1.807, 2.05) is 0 Å². The van der Waals surface area contributed by atoms with Gasteiger partial charge in [-0.2, -0.15) is 0 Å². The van der Waals surface area contributed by atoms with E-state index in [-0.39, 0.29) is 28.4 Å². The first-order valence-electron chi connectivity index (χ1n) is 23.2. The van der Waals surface area contributed by atoms with E-state index in [1.165, 1.54) is 94.9 Å². The van der Waals surface area contributed by atoms with Gasteiger partial charge in [0.15, 0.2) is 0 Å². The highest BCUT2D eigenvalue weighted by Crippen LogP contribution is 2.50. The molecule has 0 radical (unpaired) electrons. The molecule has 0 amide bonds. The van der Waals surface area contributed by atoms with Crippen LogP contribution in [-0.4, -0.2) is 11.3 Å². The van der Waals surface area contributed by atoms with Crippen LogP contribution >= 0.6 is 0 Å². The standard InChI is InChI=1S/C60H62BN3/c1-57(2,3)40-26-31-45(32-27-40)62-51-35-30-43(60(10,11)12)38-48(51)61-54-47-37-42(59(7,8)9)29-34-50(47)63(44-22-17-14-18-23-44)56(54)64(53-25-19-24-52(62)55(53)61)49-33-28-41(58(4,5)6)36-46(49)39-20-15-13-16-21-39/h13-38H,1-12H3. The van der Waals surface area contributed by atoms with E-state index in [0.29, 0.717) is 0 Å². The van der Waals surface area contributed by atoms with Gasteiger partial charge in [0.25, 0.3) is 6.71 Å². The molecule has 0 saturated heterocycles. The van der Waals surface area contributed by atoms with Crippen molar-refractivity contribution in [2.24, 2.45) is 0 Å². The fourth-order valence-corrected chi connectivity index (χ4v) is 10.2. The van der Waals surface area contributed by atoms with Gasteiger partial charge in [0.1, 0.15) is 5.82 Å². The van der Waals surface area contributed by atoms with E-state index >= 15 is 0 Å². The third kappa shape index (κ3) is 6.80.